The van der Waals surface area contributed by atoms with Crippen molar-refractivity contribution in [3.05, 3.63) is 34.9 Å². The molecule has 15 heavy (non-hydrogen) atoms. The van der Waals surface area contributed by atoms with Crippen molar-refractivity contribution >= 4 is 0 Å². The van der Waals surface area contributed by atoms with Crippen molar-refractivity contribution in [2.24, 2.45) is 0 Å². The van der Waals surface area contributed by atoms with Gasteiger partial charge in [0.1, 0.15) is 0 Å². The van der Waals surface area contributed by atoms with Gasteiger partial charge < -0.3 is 10.1 Å². The first kappa shape index (κ1) is 12.2. The molecule has 1 aromatic rings. The minimum Gasteiger partial charge on any atom is -0.380 e. The second-order valence-electron chi connectivity index (χ2n) is 4.07. The van der Waals surface area contributed by atoms with Gasteiger partial charge in [-0.05, 0) is 38.9 Å². The van der Waals surface area contributed by atoms with Gasteiger partial charge in [-0.25, -0.2) is 0 Å². The van der Waals surface area contributed by atoms with Crippen molar-refractivity contribution in [3.8, 4) is 0 Å². The summed E-state index contributed by atoms with van der Waals surface area (Å²) in [6.07, 6.45) is 0.176. The lowest BCUT2D eigenvalue weighted by Crippen LogP contribution is -2.29. The molecular formula is C13H21NO. The average molecular weight is 207 g/mol. The van der Waals surface area contributed by atoms with E-state index in [1.807, 2.05) is 7.05 Å². The van der Waals surface area contributed by atoms with Crippen molar-refractivity contribution < 1.29 is 4.74 Å². The number of benzene rings is 1. The van der Waals surface area contributed by atoms with Gasteiger partial charge in [-0.1, -0.05) is 23.8 Å². The van der Waals surface area contributed by atoms with Crippen LogP contribution < -0.4 is 5.32 Å². The minimum absolute atomic E-state index is 0.176. The molecule has 0 spiro atoms. The van der Waals surface area contributed by atoms with Crippen molar-refractivity contribution in [2.75, 3.05) is 14.2 Å². The first-order valence-electron chi connectivity index (χ1n) is 5.37. The summed E-state index contributed by atoms with van der Waals surface area (Å²) in [5, 5.41) is 3.31. The Kier molecular flexibility index (Phi) is 4.30. The third-order valence-corrected chi connectivity index (χ3v) is 2.92. The summed E-state index contributed by atoms with van der Waals surface area (Å²) in [4.78, 5) is 0. The first-order valence-corrected chi connectivity index (χ1v) is 5.37. The molecule has 1 aromatic carbocycles. The van der Waals surface area contributed by atoms with E-state index in [-0.39, 0.29) is 12.1 Å². The van der Waals surface area contributed by atoms with Crippen LogP contribution in [0.15, 0.2) is 18.2 Å². The highest BCUT2D eigenvalue weighted by Gasteiger charge is 2.18. The third-order valence-electron chi connectivity index (χ3n) is 2.92. The summed E-state index contributed by atoms with van der Waals surface area (Å²) in [5.74, 6) is 0. The van der Waals surface area contributed by atoms with Crippen LogP contribution in [0.5, 0.6) is 0 Å². The molecule has 0 bridgehead atoms. The Balaban J connectivity index is 3.05. The van der Waals surface area contributed by atoms with Crippen molar-refractivity contribution in [3.63, 3.8) is 0 Å². The van der Waals surface area contributed by atoms with Gasteiger partial charge >= 0.3 is 0 Å². The lowest BCUT2D eigenvalue weighted by Gasteiger charge is -2.24. The number of hydrogen-bond acceptors (Lipinski definition) is 2. The number of rotatable bonds is 4. The molecule has 1 N–H and O–H groups in total. The number of ether oxygens (including phenoxy) is 1. The highest BCUT2D eigenvalue weighted by molar-refractivity contribution is 5.33. The molecule has 0 aliphatic carbocycles. The predicted molar refractivity (Wildman–Crippen MR) is 64.2 cm³/mol. The van der Waals surface area contributed by atoms with Crippen LogP contribution in [0.2, 0.25) is 0 Å². The summed E-state index contributed by atoms with van der Waals surface area (Å²) in [7, 11) is 3.72. The molecule has 0 radical (unpaired) electrons. The van der Waals surface area contributed by atoms with Gasteiger partial charge in [0.25, 0.3) is 0 Å². The second kappa shape index (κ2) is 5.29. The Morgan fingerprint density at radius 2 is 1.93 bits per heavy atom. The van der Waals surface area contributed by atoms with E-state index in [0.717, 1.165) is 0 Å². The zero-order chi connectivity index (χ0) is 11.4. The fraction of sp³-hybridized carbons (Fsp3) is 0.538. The maximum absolute atomic E-state index is 5.39. The highest BCUT2D eigenvalue weighted by Crippen LogP contribution is 2.23. The van der Waals surface area contributed by atoms with E-state index in [0.29, 0.717) is 0 Å². The first-order chi connectivity index (χ1) is 7.10. The summed E-state index contributed by atoms with van der Waals surface area (Å²) in [5.41, 5.74) is 3.93. The molecule has 0 fully saturated rings. The van der Waals surface area contributed by atoms with E-state index < -0.39 is 0 Å². The predicted octanol–water partition coefficient (Wildman–Crippen LogP) is 2.60. The molecule has 0 amide bonds. The second-order valence-corrected chi connectivity index (χ2v) is 4.07. The largest absolute Gasteiger partial charge is 0.380 e. The maximum Gasteiger partial charge on any atom is 0.0737 e. The fourth-order valence-corrected chi connectivity index (χ4v) is 1.87. The average Bonchev–Trinajstić information content (AvgIpc) is 2.23. The number of aryl methyl sites for hydroxylation is 2. The molecule has 2 atom stereocenters. The molecule has 1 rings (SSSR count). The molecule has 0 saturated heterocycles. The molecular weight excluding hydrogens is 186 g/mol. The molecule has 2 heteroatoms. The van der Waals surface area contributed by atoms with Crippen molar-refractivity contribution in [1.29, 1.82) is 0 Å². The number of likely N-dealkylation sites (N-methyl/N-ethyl adjacent to an activating group) is 1. The number of nitrogens with one attached hydrogen (secondary N) is 1. The van der Waals surface area contributed by atoms with Crippen LogP contribution >= 0.6 is 0 Å². The number of methoxy groups -OCH3 is 1. The summed E-state index contributed by atoms with van der Waals surface area (Å²) in [6, 6.07) is 6.79. The van der Waals surface area contributed by atoms with Gasteiger partial charge in [0.15, 0.2) is 0 Å². The molecule has 0 heterocycles. The van der Waals surface area contributed by atoms with Gasteiger partial charge in [0, 0.05) is 7.11 Å². The van der Waals surface area contributed by atoms with Crippen molar-refractivity contribution in [2.45, 2.75) is 32.9 Å². The Morgan fingerprint density at radius 1 is 1.27 bits per heavy atom. The van der Waals surface area contributed by atoms with Crippen molar-refractivity contribution in [1.82, 2.24) is 5.32 Å². The van der Waals surface area contributed by atoms with Gasteiger partial charge in [-0.2, -0.15) is 0 Å². The normalized spacial score (nSPS) is 15.0. The summed E-state index contributed by atoms with van der Waals surface area (Å²) >= 11 is 0. The lowest BCUT2D eigenvalue weighted by atomic mass is 9.96. The molecule has 0 aromatic heterocycles. The van der Waals surface area contributed by atoms with E-state index in [2.05, 4.69) is 44.3 Å². The standard InChI is InChI=1S/C13H21NO/c1-9-6-7-10(2)12(8-9)13(14-4)11(3)15-5/h6-8,11,13-14H,1-5H3. The molecule has 0 aliphatic heterocycles. The van der Waals surface area contributed by atoms with E-state index in [4.69, 9.17) is 4.74 Å². The number of hydrogen-bond donors (Lipinski definition) is 1. The summed E-state index contributed by atoms with van der Waals surface area (Å²) in [6.45, 7) is 6.34. The van der Waals surface area contributed by atoms with Gasteiger partial charge in [0.05, 0.1) is 12.1 Å². The fourth-order valence-electron chi connectivity index (χ4n) is 1.87. The summed E-state index contributed by atoms with van der Waals surface area (Å²) < 4.78 is 5.39. The van der Waals surface area contributed by atoms with Crippen LogP contribution in [0.25, 0.3) is 0 Å². The Morgan fingerprint density at radius 3 is 2.47 bits per heavy atom. The highest BCUT2D eigenvalue weighted by atomic mass is 16.5. The van der Waals surface area contributed by atoms with Crippen LogP contribution in [0.1, 0.15) is 29.7 Å². The monoisotopic (exact) mass is 207 g/mol. The van der Waals surface area contributed by atoms with Gasteiger partial charge in [0.2, 0.25) is 0 Å². The Hall–Kier alpha value is -0.860. The molecule has 0 saturated carbocycles. The SMILES string of the molecule is CNC(c1cc(C)ccc1C)C(C)OC. The van der Waals surface area contributed by atoms with E-state index >= 15 is 0 Å². The molecule has 2 nitrogen and oxygen atoms in total. The smallest absolute Gasteiger partial charge is 0.0737 e. The Bertz CT molecular complexity index is 322. The van der Waals surface area contributed by atoms with Crippen LogP contribution in [-0.4, -0.2) is 20.3 Å². The van der Waals surface area contributed by atoms with Gasteiger partial charge in [-0.15, -0.1) is 0 Å². The van der Waals surface area contributed by atoms with E-state index in [9.17, 15) is 0 Å². The van der Waals surface area contributed by atoms with E-state index in [1.54, 1.807) is 7.11 Å². The lowest BCUT2D eigenvalue weighted by molar-refractivity contribution is 0.0855. The van der Waals surface area contributed by atoms with Crippen LogP contribution in [-0.2, 0) is 4.74 Å². The zero-order valence-electron chi connectivity index (χ0n) is 10.3. The van der Waals surface area contributed by atoms with Gasteiger partial charge in [-0.3, -0.25) is 0 Å². The Labute approximate surface area is 92.6 Å². The van der Waals surface area contributed by atoms with Crippen LogP contribution in [0.3, 0.4) is 0 Å². The van der Waals surface area contributed by atoms with E-state index in [1.165, 1.54) is 16.7 Å². The molecule has 84 valence electrons. The minimum atomic E-state index is 0.176. The maximum atomic E-state index is 5.39. The molecule has 2 unspecified atom stereocenters. The third kappa shape index (κ3) is 2.80. The van der Waals surface area contributed by atoms with Crippen LogP contribution in [0.4, 0.5) is 0 Å². The molecule has 0 aliphatic rings. The zero-order valence-corrected chi connectivity index (χ0v) is 10.3. The topological polar surface area (TPSA) is 21.3 Å². The van der Waals surface area contributed by atoms with Crippen LogP contribution in [0, 0.1) is 13.8 Å². The quantitative estimate of drug-likeness (QED) is 0.819.